The van der Waals surface area contributed by atoms with Crippen LogP contribution in [0, 0.1) is 17.8 Å². The van der Waals surface area contributed by atoms with Gasteiger partial charge in [0.15, 0.2) is 0 Å². The van der Waals surface area contributed by atoms with Crippen molar-refractivity contribution in [1.82, 2.24) is 60.0 Å². The molecule has 3 aromatic carbocycles. The molecule has 0 radical (unpaired) electrons. The average molecular weight is 1450 g/mol. The monoisotopic (exact) mass is 1450 g/mol. The van der Waals surface area contributed by atoms with E-state index in [-0.39, 0.29) is 50.5 Å². The fourth-order valence-corrected chi connectivity index (χ4v) is 13.6. The molecular weight excluding hydrogens is 1330 g/mol. The van der Waals surface area contributed by atoms with Gasteiger partial charge in [-0.1, -0.05) is 133 Å². The Hall–Kier alpha value is -7.88. The maximum Gasteiger partial charge on any atom is 0.248 e. The number of carbonyl (C=O) groups excluding carboxylic acids is 10. The van der Waals surface area contributed by atoms with E-state index < -0.39 is 162 Å². The van der Waals surface area contributed by atoms with Crippen LogP contribution in [0.1, 0.15) is 138 Å². The normalized spacial score (nSPS) is 27.1. The van der Waals surface area contributed by atoms with Gasteiger partial charge < -0.3 is 69.9 Å². The summed E-state index contributed by atoms with van der Waals surface area (Å²) in [4.78, 5) is 163. The predicted octanol–water partition coefficient (Wildman–Crippen LogP) is 3.77. The number of nitrogens with zero attached hydrogens (tertiary/aromatic N) is 9. The molecule has 2 saturated heterocycles. The third-order valence-electron chi connectivity index (χ3n) is 20.4. The molecule has 10 amide bonds. The maximum absolute atomic E-state index is 15.6. The molecule has 0 aromatic heterocycles. The molecule has 6 N–H and O–H groups in total. The molecule has 26 nitrogen and oxygen atoms in total. The molecule has 26 heteroatoms. The van der Waals surface area contributed by atoms with Crippen molar-refractivity contribution < 1.29 is 68.0 Å². The van der Waals surface area contributed by atoms with Gasteiger partial charge in [-0.15, -0.1) is 0 Å². The first-order valence-corrected chi connectivity index (χ1v) is 36.7. The third kappa shape index (κ3) is 23.6. The highest BCUT2D eigenvalue weighted by molar-refractivity contribution is 5.99. The molecule has 2 heterocycles. The number of amides is 10. The number of nitrogens with one attached hydrogen (secondary N) is 3. The van der Waals surface area contributed by atoms with Gasteiger partial charge in [-0.05, 0) is 122 Å². The van der Waals surface area contributed by atoms with Gasteiger partial charge in [0.25, 0.3) is 0 Å². The summed E-state index contributed by atoms with van der Waals surface area (Å²) in [5.41, 5.74) is 1.13. The van der Waals surface area contributed by atoms with E-state index in [1.807, 2.05) is 58.0 Å². The highest BCUT2D eigenvalue weighted by Gasteiger charge is 2.46. The Morgan fingerprint density at radius 3 is 1.47 bits per heavy atom. The van der Waals surface area contributed by atoms with Crippen LogP contribution in [-0.4, -0.2) is 285 Å². The molecule has 104 heavy (non-hydrogen) atoms. The van der Waals surface area contributed by atoms with Gasteiger partial charge in [0, 0.05) is 81.3 Å². The first kappa shape index (κ1) is 86.8. The van der Waals surface area contributed by atoms with E-state index in [1.54, 1.807) is 100 Å². The van der Waals surface area contributed by atoms with Crippen molar-refractivity contribution in [2.24, 2.45) is 17.8 Å². The van der Waals surface area contributed by atoms with Crippen LogP contribution in [0.2, 0.25) is 0 Å². The molecule has 2 aliphatic heterocycles. The van der Waals surface area contributed by atoms with E-state index in [0.29, 0.717) is 42.6 Å². The molecular formula is C78H122N12O14. The second-order valence-electron chi connectivity index (χ2n) is 30.8. The molecule has 2 aliphatic rings. The first-order chi connectivity index (χ1) is 48.7. The molecule has 2 unspecified atom stereocenters. The van der Waals surface area contributed by atoms with Gasteiger partial charge >= 0.3 is 0 Å². The summed E-state index contributed by atoms with van der Waals surface area (Å²) in [5.74, 6) is -7.98. The van der Waals surface area contributed by atoms with Gasteiger partial charge in [0.05, 0.1) is 36.8 Å². The minimum absolute atomic E-state index is 0.0414. The summed E-state index contributed by atoms with van der Waals surface area (Å²) in [7, 11) is 11.4. The lowest BCUT2D eigenvalue weighted by atomic mass is 9.96. The van der Waals surface area contributed by atoms with Crippen molar-refractivity contribution in [2.45, 2.75) is 231 Å². The first-order valence-electron chi connectivity index (χ1n) is 36.7. The standard InChI is InChI=1S/C78H122N12O14/c1-48(2)41-57-72(98)89(20)66(50(5)6)69(95)81-65(53(9)91)77(103)88(19)62(45-56-37-29-23-30-38-56)75(101)87(18)63(76(102)90-39-31-24-32-40-90)46-64(92)82(13)51(7)70(96)86(17)61(42-49(3)4)74(100)83(14)52(8)71(97)84(15)59(43-54-33-25-21-26-34-54)68(94)80-58(47-104-78(10,11)12)73(99)85(16)60(67(93)79-57)44-55-35-27-22-28-36-55/h21-23,25-30,33-38,48-53,57-63,65-67,72,79,91,93,98H,24,31-32,39-47H2,1-20H3,(H,80,94)(H,81,95)/t51-,52-,53+,57-,58-,59-,60-,61-,62-,63-,65-,66-,67?,72?/m0/s1. The summed E-state index contributed by atoms with van der Waals surface area (Å²) >= 11 is 0. The molecule has 3 aromatic rings. The smallest absolute Gasteiger partial charge is 0.248 e. The lowest BCUT2D eigenvalue weighted by Gasteiger charge is -2.42. The Kier molecular flexibility index (Phi) is 32.9. The minimum Gasteiger partial charge on any atom is -0.391 e. The van der Waals surface area contributed by atoms with Crippen LogP contribution in [-0.2, 0) is 71.9 Å². The maximum atomic E-state index is 15.6. The van der Waals surface area contributed by atoms with Crippen molar-refractivity contribution in [1.29, 1.82) is 0 Å². The van der Waals surface area contributed by atoms with Crippen LogP contribution in [0.4, 0.5) is 0 Å². The van der Waals surface area contributed by atoms with E-state index in [9.17, 15) is 24.9 Å². The van der Waals surface area contributed by atoms with E-state index in [4.69, 9.17) is 4.74 Å². The van der Waals surface area contributed by atoms with Gasteiger partial charge in [-0.2, -0.15) is 0 Å². The van der Waals surface area contributed by atoms with Gasteiger partial charge in [-0.3, -0.25) is 58.2 Å². The molecule has 5 rings (SSSR count). The highest BCUT2D eigenvalue weighted by atomic mass is 16.5. The minimum atomic E-state index is -1.70. The van der Waals surface area contributed by atoms with E-state index >= 15 is 38.4 Å². The van der Waals surface area contributed by atoms with Gasteiger partial charge in [0.1, 0.15) is 60.8 Å². The fourth-order valence-electron chi connectivity index (χ4n) is 13.6. The van der Waals surface area contributed by atoms with E-state index in [1.165, 1.54) is 102 Å². The van der Waals surface area contributed by atoms with Crippen molar-refractivity contribution in [2.75, 3.05) is 76.1 Å². The second-order valence-corrected chi connectivity index (χ2v) is 30.8. The number of benzene rings is 3. The molecule has 14 atom stereocenters. The largest absolute Gasteiger partial charge is 0.391 e. The molecule has 0 bridgehead atoms. The van der Waals surface area contributed by atoms with Crippen LogP contribution >= 0.6 is 0 Å². The Labute approximate surface area is 617 Å². The lowest BCUT2D eigenvalue weighted by Crippen LogP contribution is -2.65. The molecule has 0 spiro atoms. The van der Waals surface area contributed by atoms with Crippen molar-refractivity contribution in [3.05, 3.63) is 108 Å². The number of hydrogen-bond donors (Lipinski definition) is 6. The average Bonchev–Trinajstić information content (AvgIpc) is 0.818. The zero-order chi connectivity index (χ0) is 77.9. The van der Waals surface area contributed by atoms with Gasteiger partial charge in [0.2, 0.25) is 59.1 Å². The Balaban J connectivity index is 1.73. The number of likely N-dealkylation sites (N-methyl/N-ethyl adjacent to an activating group) is 8. The zero-order valence-corrected chi connectivity index (χ0v) is 65.3. The summed E-state index contributed by atoms with van der Waals surface area (Å²) < 4.78 is 6.28. The third-order valence-corrected chi connectivity index (χ3v) is 20.4. The fraction of sp³-hybridized carbons (Fsp3) is 0.641. The molecule has 0 aliphatic carbocycles. The zero-order valence-electron chi connectivity index (χ0n) is 65.3. The molecule has 2 fully saturated rings. The number of piperidine rings is 1. The lowest BCUT2D eigenvalue weighted by molar-refractivity contribution is -0.156. The topological polar surface area (TPSA) is 306 Å². The SMILES string of the molecule is CC(C)C[C@@H]1NC(O)[C@H](Cc2ccccc2)N(C)C(=O)[C@H](COC(C)(C)C)NC(=O)[C@H](Cc2ccccc2)N(C)C(=O)[C@H](C)N(C)C(=O)[C@H](CC(C)C)N(C)C(=O)[C@H](C)N(C)C(=O)C[C@@H](C(=O)N2CCCCC2)N(C)C(=O)[C@H](Cc2ccccc2)N(C)C(=O)[C@H]([C@@H](C)O)NC(=O)[C@H](C(C)C)N(C)C1O. The second kappa shape index (κ2) is 39.5. The Bertz CT molecular complexity index is 3320. The van der Waals surface area contributed by atoms with E-state index in [2.05, 4.69) is 16.0 Å². The molecule has 578 valence electrons. The highest BCUT2D eigenvalue weighted by Crippen LogP contribution is 2.26. The summed E-state index contributed by atoms with van der Waals surface area (Å²) in [6.07, 6.45) is -3.00. The predicted molar refractivity (Wildman–Crippen MR) is 398 cm³/mol. The number of rotatable bonds is 15. The van der Waals surface area contributed by atoms with Crippen molar-refractivity contribution >= 4 is 59.1 Å². The number of aliphatic hydroxyl groups is 3. The number of hydrogen-bond acceptors (Lipinski definition) is 16. The van der Waals surface area contributed by atoms with E-state index in [0.717, 1.165) is 21.1 Å². The quantitative estimate of drug-likeness (QED) is 0.126. The summed E-state index contributed by atoms with van der Waals surface area (Å²) in [6, 6.07) is 12.4. The Morgan fingerprint density at radius 1 is 0.529 bits per heavy atom. The van der Waals surface area contributed by atoms with Crippen molar-refractivity contribution in [3.63, 3.8) is 0 Å². The molecule has 0 saturated carbocycles. The van der Waals surface area contributed by atoms with Crippen LogP contribution in [0.3, 0.4) is 0 Å². The van der Waals surface area contributed by atoms with Crippen LogP contribution in [0.25, 0.3) is 0 Å². The Morgan fingerprint density at radius 2 is 0.990 bits per heavy atom. The number of ether oxygens (including phenoxy) is 1. The van der Waals surface area contributed by atoms with Crippen LogP contribution in [0.5, 0.6) is 0 Å². The van der Waals surface area contributed by atoms with Crippen molar-refractivity contribution in [3.8, 4) is 0 Å². The number of aliphatic hydroxyl groups excluding tert-OH is 3. The summed E-state index contributed by atoms with van der Waals surface area (Å²) in [5, 5.41) is 46.0. The summed E-state index contributed by atoms with van der Waals surface area (Å²) in [6.45, 7) is 21.0. The van der Waals surface area contributed by atoms with Crippen LogP contribution in [0.15, 0.2) is 91.0 Å². The van der Waals surface area contributed by atoms with Gasteiger partial charge in [-0.25, -0.2) is 0 Å². The number of carbonyl (C=O) groups is 10. The number of likely N-dealkylation sites (tertiary alicyclic amines) is 1. The van der Waals surface area contributed by atoms with Crippen LogP contribution < -0.4 is 16.0 Å².